The standard InChI is InChI=1S/C11H24N4O/c1-9-7-15(6-5-14(9)4)8-11(2,3)10(16)13-12/h9H,5-8,12H2,1-4H3,(H,13,16). The Morgan fingerprint density at radius 2 is 2.12 bits per heavy atom. The summed E-state index contributed by atoms with van der Waals surface area (Å²) in [6.07, 6.45) is 0. The van der Waals surface area contributed by atoms with Gasteiger partial charge < -0.3 is 4.90 Å². The average molecular weight is 228 g/mol. The van der Waals surface area contributed by atoms with Crippen LogP contribution in [0.3, 0.4) is 0 Å². The lowest BCUT2D eigenvalue weighted by Gasteiger charge is -2.40. The molecular weight excluding hydrogens is 204 g/mol. The van der Waals surface area contributed by atoms with Gasteiger partial charge in [0.1, 0.15) is 0 Å². The van der Waals surface area contributed by atoms with E-state index >= 15 is 0 Å². The van der Waals surface area contributed by atoms with E-state index in [1.165, 1.54) is 0 Å². The third-order valence-electron chi connectivity index (χ3n) is 3.41. The maximum atomic E-state index is 11.6. The molecule has 16 heavy (non-hydrogen) atoms. The van der Waals surface area contributed by atoms with Crippen molar-refractivity contribution < 1.29 is 4.79 Å². The Morgan fingerprint density at radius 1 is 1.50 bits per heavy atom. The van der Waals surface area contributed by atoms with E-state index in [-0.39, 0.29) is 5.91 Å². The number of hydrogen-bond acceptors (Lipinski definition) is 4. The molecule has 1 unspecified atom stereocenters. The van der Waals surface area contributed by atoms with E-state index in [2.05, 4.69) is 29.2 Å². The minimum Gasteiger partial charge on any atom is -0.301 e. The number of nitrogens with one attached hydrogen (secondary N) is 1. The maximum absolute atomic E-state index is 11.6. The molecule has 0 saturated carbocycles. The van der Waals surface area contributed by atoms with Crippen molar-refractivity contribution in [3.63, 3.8) is 0 Å². The van der Waals surface area contributed by atoms with Gasteiger partial charge in [-0.1, -0.05) is 0 Å². The number of carbonyl (C=O) groups is 1. The largest absolute Gasteiger partial charge is 0.301 e. The molecule has 1 amide bonds. The first-order valence-electron chi connectivity index (χ1n) is 5.80. The lowest BCUT2D eigenvalue weighted by Crippen LogP contribution is -2.54. The quantitative estimate of drug-likeness (QED) is 0.393. The van der Waals surface area contributed by atoms with Gasteiger partial charge in [-0.15, -0.1) is 0 Å². The molecule has 0 aromatic carbocycles. The van der Waals surface area contributed by atoms with E-state index in [4.69, 9.17) is 5.84 Å². The van der Waals surface area contributed by atoms with Crippen LogP contribution in [-0.4, -0.2) is 55.0 Å². The van der Waals surface area contributed by atoms with Gasteiger partial charge in [0.2, 0.25) is 5.91 Å². The van der Waals surface area contributed by atoms with Gasteiger partial charge in [0.15, 0.2) is 0 Å². The number of hydrogen-bond donors (Lipinski definition) is 2. The van der Waals surface area contributed by atoms with E-state index in [0.717, 1.165) is 26.2 Å². The Hall–Kier alpha value is -0.650. The Balaban J connectivity index is 2.51. The van der Waals surface area contributed by atoms with Gasteiger partial charge >= 0.3 is 0 Å². The number of piperazine rings is 1. The molecule has 1 aliphatic heterocycles. The SMILES string of the molecule is CC1CN(CC(C)(C)C(=O)NN)CCN1C. The molecule has 0 aromatic rings. The minimum absolute atomic E-state index is 0.0981. The van der Waals surface area contributed by atoms with Crippen LogP contribution >= 0.6 is 0 Å². The van der Waals surface area contributed by atoms with Gasteiger partial charge in [0, 0.05) is 32.2 Å². The molecule has 0 radical (unpaired) electrons. The maximum Gasteiger partial charge on any atom is 0.240 e. The molecule has 0 spiro atoms. The molecule has 1 atom stereocenters. The predicted octanol–water partition coefficient (Wildman–Crippen LogP) is -0.362. The third kappa shape index (κ3) is 3.17. The van der Waals surface area contributed by atoms with Crippen molar-refractivity contribution in [1.82, 2.24) is 15.2 Å². The second-order valence-corrected chi connectivity index (χ2v) is 5.42. The summed E-state index contributed by atoms with van der Waals surface area (Å²) in [6, 6.07) is 0.547. The fraction of sp³-hybridized carbons (Fsp3) is 0.909. The highest BCUT2D eigenvalue weighted by molar-refractivity contribution is 5.81. The number of amides is 1. The number of nitrogens with zero attached hydrogens (tertiary/aromatic N) is 2. The molecule has 1 aliphatic rings. The van der Waals surface area contributed by atoms with E-state index < -0.39 is 5.41 Å². The molecule has 3 N–H and O–H groups in total. The van der Waals surface area contributed by atoms with Gasteiger partial charge in [0.05, 0.1) is 5.41 Å². The monoisotopic (exact) mass is 228 g/mol. The van der Waals surface area contributed by atoms with Crippen molar-refractivity contribution in [2.24, 2.45) is 11.3 Å². The molecule has 1 saturated heterocycles. The second-order valence-electron chi connectivity index (χ2n) is 5.42. The van der Waals surface area contributed by atoms with Crippen molar-refractivity contribution in [3.8, 4) is 0 Å². The van der Waals surface area contributed by atoms with Crippen molar-refractivity contribution in [2.75, 3.05) is 33.2 Å². The average Bonchev–Trinajstić information content (AvgIpc) is 2.22. The summed E-state index contributed by atoms with van der Waals surface area (Å²) in [5.41, 5.74) is 1.81. The van der Waals surface area contributed by atoms with E-state index in [1.54, 1.807) is 0 Å². The fourth-order valence-electron chi connectivity index (χ4n) is 2.09. The molecule has 94 valence electrons. The molecular formula is C11H24N4O. The molecule has 1 heterocycles. The van der Waals surface area contributed by atoms with Crippen LogP contribution in [0.1, 0.15) is 20.8 Å². The number of likely N-dealkylation sites (N-methyl/N-ethyl adjacent to an activating group) is 1. The van der Waals surface area contributed by atoms with Crippen molar-refractivity contribution in [3.05, 3.63) is 0 Å². The van der Waals surface area contributed by atoms with Gasteiger partial charge in [-0.2, -0.15) is 0 Å². The molecule has 0 bridgehead atoms. The van der Waals surface area contributed by atoms with Crippen LogP contribution in [0.15, 0.2) is 0 Å². The number of hydrazine groups is 1. The highest BCUT2D eigenvalue weighted by Crippen LogP contribution is 2.19. The summed E-state index contributed by atoms with van der Waals surface area (Å²) < 4.78 is 0. The lowest BCUT2D eigenvalue weighted by atomic mass is 9.91. The van der Waals surface area contributed by atoms with Crippen molar-refractivity contribution in [2.45, 2.75) is 26.8 Å². The van der Waals surface area contributed by atoms with Crippen LogP contribution in [-0.2, 0) is 4.79 Å². The molecule has 0 aliphatic carbocycles. The third-order valence-corrected chi connectivity index (χ3v) is 3.41. The zero-order chi connectivity index (χ0) is 12.3. The van der Waals surface area contributed by atoms with Gasteiger partial charge in [-0.3, -0.25) is 15.1 Å². The van der Waals surface area contributed by atoms with E-state index in [1.807, 2.05) is 13.8 Å². The van der Waals surface area contributed by atoms with E-state index in [0.29, 0.717) is 6.04 Å². The first-order valence-corrected chi connectivity index (χ1v) is 5.80. The second kappa shape index (κ2) is 5.12. The topological polar surface area (TPSA) is 61.6 Å². The Kier molecular flexibility index (Phi) is 4.29. The number of rotatable bonds is 3. The first-order chi connectivity index (χ1) is 7.36. The van der Waals surface area contributed by atoms with Crippen LogP contribution in [0.4, 0.5) is 0 Å². The van der Waals surface area contributed by atoms with Gasteiger partial charge in [-0.05, 0) is 27.8 Å². The van der Waals surface area contributed by atoms with Crippen LogP contribution in [0.5, 0.6) is 0 Å². The number of nitrogens with two attached hydrogens (primary N) is 1. The minimum atomic E-state index is -0.426. The van der Waals surface area contributed by atoms with Crippen LogP contribution in [0.2, 0.25) is 0 Å². The molecule has 0 aromatic heterocycles. The van der Waals surface area contributed by atoms with Gasteiger partial charge in [-0.25, -0.2) is 5.84 Å². The van der Waals surface area contributed by atoms with Crippen LogP contribution in [0.25, 0.3) is 0 Å². The molecule has 5 nitrogen and oxygen atoms in total. The summed E-state index contributed by atoms with van der Waals surface area (Å²) >= 11 is 0. The Bertz CT molecular complexity index is 254. The summed E-state index contributed by atoms with van der Waals surface area (Å²) in [5, 5.41) is 0. The zero-order valence-corrected chi connectivity index (χ0v) is 10.8. The smallest absolute Gasteiger partial charge is 0.240 e. The summed E-state index contributed by atoms with van der Waals surface area (Å²) in [7, 11) is 2.14. The van der Waals surface area contributed by atoms with Gasteiger partial charge in [0.25, 0.3) is 0 Å². The number of carbonyl (C=O) groups excluding carboxylic acids is 1. The fourth-order valence-corrected chi connectivity index (χ4v) is 2.09. The zero-order valence-electron chi connectivity index (χ0n) is 10.8. The normalized spacial score (nSPS) is 24.4. The summed E-state index contributed by atoms with van der Waals surface area (Å²) in [6.45, 7) is 9.91. The first kappa shape index (κ1) is 13.4. The molecule has 5 heteroatoms. The lowest BCUT2D eigenvalue weighted by molar-refractivity contribution is -0.130. The van der Waals surface area contributed by atoms with Crippen molar-refractivity contribution >= 4 is 5.91 Å². The Morgan fingerprint density at radius 3 is 2.62 bits per heavy atom. The van der Waals surface area contributed by atoms with Crippen molar-refractivity contribution in [1.29, 1.82) is 0 Å². The summed E-state index contributed by atoms with van der Waals surface area (Å²) in [4.78, 5) is 16.3. The predicted molar refractivity (Wildman–Crippen MR) is 64.6 cm³/mol. The highest BCUT2D eigenvalue weighted by atomic mass is 16.2. The molecule has 1 fully saturated rings. The summed E-state index contributed by atoms with van der Waals surface area (Å²) in [5.74, 6) is 5.09. The van der Waals surface area contributed by atoms with Crippen LogP contribution in [0, 0.1) is 5.41 Å². The van der Waals surface area contributed by atoms with Crippen LogP contribution < -0.4 is 11.3 Å². The molecule has 1 rings (SSSR count). The highest BCUT2D eigenvalue weighted by Gasteiger charge is 2.31. The Labute approximate surface area is 97.9 Å². The van der Waals surface area contributed by atoms with E-state index in [9.17, 15) is 4.79 Å².